The second kappa shape index (κ2) is 6.49. The number of fused-ring (bicyclic) bond motifs is 2. The van der Waals surface area contributed by atoms with Gasteiger partial charge in [-0.25, -0.2) is 4.79 Å². The van der Waals surface area contributed by atoms with E-state index in [1.165, 1.54) is 5.56 Å². The summed E-state index contributed by atoms with van der Waals surface area (Å²) in [6.45, 7) is 9.54. The molecule has 0 N–H and O–H groups in total. The highest BCUT2D eigenvalue weighted by Gasteiger charge is 2.37. The van der Waals surface area contributed by atoms with Crippen molar-refractivity contribution in [2.45, 2.75) is 45.1 Å². The Kier molecular flexibility index (Phi) is 4.60. The van der Waals surface area contributed by atoms with Crippen LogP contribution in [-0.4, -0.2) is 59.9 Å². The van der Waals surface area contributed by atoms with E-state index < -0.39 is 5.60 Å². The summed E-state index contributed by atoms with van der Waals surface area (Å²) in [6.07, 6.45) is -0.0928. The Morgan fingerprint density at radius 1 is 1.13 bits per heavy atom. The molecule has 2 atom stereocenters. The van der Waals surface area contributed by atoms with Gasteiger partial charge in [-0.05, 0) is 26.3 Å². The Morgan fingerprint density at radius 2 is 1.74 bits per heavy atom. The predicted molar refractivity (Wildman–Crippen MR) is 88.2 cm³/mol. The number of carbonyl (C=O) groups is 1. The Bertz CT molecular complexity index is 527. The van der Waals surface area contributed by atoms with Crippen molar-refractivity contribution >= 4 is 6.09 Å². The molecule has 1 aromatic carbocycles. The van der Waals surface area contributed by atoms with Crippen molar-refractivity contribution in [3.63, 3.8) is 0 Å². The van der Waals surface area contributed by atoms with Gasteiger partial charge in [0, 0.05) is 19.6 Å². The van der Waals surface area contributed by atoms with Crippen molar-refractivity contribution in [3.8, 4) is 0 Å². The van der Waals surface area contributed by atoms with E-state index in [0.29, 0.717) is 13.1 Å². The topological polar surface area (TPSA) is 42.0 Å². The highest BCUT2D eigenvalue weighted by atomic mass is 16.6. The van der Waals surface area contributed by atoms with Crippen LogP contribution >= 0.6 is 0 Å². The molecule has 0 spiro atoms. The average molecular weight is 318 g/mol. The first kappa shape index (κ1) is 16.3. The maximum absolute atomic E-state index is 12.3. The van der Waals surface area contributed by atoms with E-state index in [0.717, 1.165) is 19.6 Å². The van der Waals surface area contributed by atoms with Gasteiger partial charge in [0.15, 0.2) is 0 Å². The van der Waals surface area contributed by atoms with Gasteiger partial charge >= 0.3 is 6.09 Å². The Hall–Kier alpha value is -1.59. The van der Waals surface area contributed by atoms with Gasteiger partial charge in [0.25, 0.3) is 0 Å². The number of carbonyl (C=O) groups excluding carboxylic acids is 1. The molecule has 2 saturated heterocycles. The molecule has 0 saturated carbocycles. The molecule has 2 heterocycles. The predicted octanol–water partition coefficient (Wildman–Crippen LogP) is 2.51. The van der Waals surface area contributed by atoms with E-state index in [9.17, 15) is 4.79 Å². The molecule has 0 unspecified atom stereocenters. The Labute approximate surface area is 138 Å². The van der Waals surface area contributed by atoms with Crippen molar-refractivity contribution in [3.05, 3.63) is 35.9 Å². The maximum atomic E-state index is 12.3. The number of nitrogens with zero attached hydrogens (tertiary/aromatic N) is 2. The summed E-state index contributed by atoms with van der Waals surface area (Å²) >= 11 is 0. The standard InChI is InChI=1S/C18H26N2O3/c1-18(2,3)23-17(21)20-12-15-10-19(11-16(13-20)22-15)9-14-7-5-4-6-8-14/h4-8,15-16H,9-13H2,1-3H3/t15-,16-/m0/s1. The number of hydrogen-bond acceptors (Lipinski definition) is 4. The van der Waals surface area contributed by atoms with Gasteiger partial charge in [-0.1, -0.05) is 30.3 Å². The highest BCUT2D eigenvalue weighted by molar-refractivity contribution is 5.68. The summed E-state index contributed by atoms with van der Waals surface area (Å²) in [7, 11) is 0. The van der Waals surface area contributed by atoms with Crippen LogP contribution in [0.25, 0.3) is 0 Å². The van der Waals surface area contributed by atoms with E-state index in [1.807, 2.05) is 26.8 Å². The van der Waals surface area contributed by atoms with Crippen LogP contribution in [0.1, 0.15) is 26.3 Å². The molecule has 2 bridgehead atoms. The van der Waals surface area contributed by atoms with Gasteiger partial charge in [0.05, 0.1) is 25.3 Å². The number of amides is 1. The molecule has 1 amide bonds. The fourth-order valence-corrected chi connectivity index (χ4v) is 3.22. The van der Waals surface area contributed by atoms with Crippen LogP contribution in [0, 0.1) is 0 Å². The molecule has 5 nitrogen and oxygen atoms in total. The summed E-state index contributed by atoms with van der Waals surface area (Å²) in [5.41, 5.74) is 0.862. The summed E-state index contributed by atoms with van der Waals surface area (Å²) in [5, 5.41) is 0. The van der Waals surface area contributed by atoms with E-state index in [-0.39, 0.29) is 18.3 Å². The lowest BCUT2D eigenvalue weighted by Gasteiger charge is -2.45. The zero-order valence-electron chi connectivity index (χ0n) is 14.2. The largest absolute Gasteiger partial charge is 0.444 e. The Morgan fingerprint density at radius 3 is 2.30 bits per heavy atom. The van der Waals surface area contributed by atoms with E-state index in [4.69, 9.17) is 9.47 Å². The number of rotatable bonds is 2. The van der Waals surface area contributed by atoms with Crippen LogP contribution in [0.2, 0.25) is 0 Å². The third-order valence-corrected chi connectivity index (χ3v) is 4.06. The van der Waals surface area contributed by atoms with Gasteiger partial charge in [0.1, 0.15) is 5.60 Å². The smallest absolute Gasteiger partial charge is 0.410 e. The molecule has 0 aliphatic carbocycles. The minimum atomic E-state index is -0.455. The summed E-state index contributed by atoms with van der Waals surface area (Å²) < 4.78 is 11.5. The fraction of sp³-hybridized carbons (Fsp3) is 0.611. The lowest BCUT2D eigenvalue weighted by atomic mass is 10.1. The first-order chi connectivity index (χ1) is 10.9. The lowest BCUT2D eigenvalue weighted by Crippen LogP contribution is -2.60. The minimum absolute atomic E-state index is 0.0683. The first-order valence-corrected chi connectivity index (χ1v) is 8.29. The fourth-order valence-electron chi connectivity index (χ4n) is 3.22. The van der Waals surface area contributed by atoms with Crippen molar-refractivity contribution in [1.29, 1.82) is 0 Å². The lowest BCUT2D eigenvalue weighted by molar-refractivity contribution is -0.137. The van der Waals surface area contributed by atoms with Crippen LogP contribution < -0.4 is 0 Å². The molecule has 2 aliphatic rings. The first-order valence-electron chi connectivity index (χ1n) is 8.29. The van der Waals surface area contributed by atoms with Crippen molar-refractivity contribution in [1.82, 2.24) is 9.80 Å². The number of morpholine rings is 2. The number of benzene rings is 1. The van der Waals surface area contributed by atoms with Crippen molar-refractivity contribution < 1.29 is 14.3 Å². The number of hydrogen-bond donors (Lipinski definition) is 0. The second-order valence-electron chi connectivity index (χ2n) is 7.45. The number of ether oxygens (including phenoxy) is 2. The second-order valence-corrected chi connectivity index (χ2v) is 7.45. The van der Waals surface area contributed by atoms with Crippen LogP contribution in [0.3, 0.4) is 0 Å². The molecular formula is C18H26N2O3. The van der Waals surface area contributed by atoms with Gasteiger partial charge in [-0.3, -0.25) is 4.90 Å². The van der Waals surface area contributed by atoms with E-state index in [1.54, 1.807) is 4.90 Å². The normalized spacial score (nSPS) is 25.3. The molecule has 3 rings (SSSR count). The molecule has 0 aromatic heterocycles. The van der Waals surface area contributed by atoms with Crippen molar-refractivity contribution in [2.24, 2.45) is 0 Å². The van der Waals surface area contributed by atoms with Gasteiger partial charge in [0.2, 0.25) is 0 Å². The van der Waals surface area contributed by atoms with Gasteiger partial charge in [-0.2, -0.15) is 0 Å². The molecular weight excluding hydrogens is 292 g/mol. The molecule has 2 fully saturated rings. The van der Waals surface area contributed by atoms with Crippen LogP contribution in [0.5, 0.6) is 0 Å². The summed E-state index contributed by atoms with van der Waals surface area (Å²) in [5.74, 6) is 0. The third-order valence-electron chi connectivity index (χ3n) is 4.06. The van der Waals surface area contributed by atoms with Crippen LogP contribution in [-0.2, 0) is 16.0 Å². The molecule has 5 heteroatoms. The molecule has 1 aromatic rings. The third kappa shape index (κ3) is 4.45. The van der Waals surface area contributed by atoms with Gasteiger partial charge in [-0.15, -0.1) is 0 Å². The average Bonchev–Trinajstić information content (AvgIpc) is 2.45. The monoisotopic (exact) mass is 318 g/mol. The zero-order valence-corrected chi connectivity index (χ0v) is 14.2. The molecule has 2 aliphatic heterocycles. The van der Waals surface area contributed by atoms with Crippen LogP contribution in [0.15, 0.2) is 30.3 Å². The minimum Gasteiger partial charge on any atom is -0.444 e. The summed E-state index contributed by atoms with van der Waals surface area (Å²) in [4.78, 5) is 16.5. The van der Waals surface area contributed by atoms with Crippen LogP contribution in [0.4, 0.5) is 4.79 Å². The zero-order chi connectivity index (χ0) is 16.4. The highest BCUT2D eigenvalue weighted by Crippen LogP contribution is 2.22. The quantitative estimate of drug-likeness (QED) is 0.840. The molecule has 126 valence electrons. The Balaban J connectivity index is 1.57. The SMILES string of the molecule is CC(C)(C)OC(=O)N1C[C@@H]2CN(Cc3ccccc3)C[C@@H](C1)O2. The maximum Gasteiger partial charge on any atom is 0.410 e. The molecule has 23 heavy (non-hydrogen) atoms. The van der Waals surface area contributed by atoms with Crippen molar-refractivity contribution in [2.75, 3.05) is 26.2 Å². The van der Waals surface area contributed by atoms with Gasteiger partial charge < -0.3 is 14.4 Å². The van der Waals surface area contributed by atoms with E-state index in [2.05, 4.69) is 29.2 Å². The molecule has 0 radical (unpaired) electrons. The summed E-state index contributed by atoms with van der Waals surface area (Å²) in [6, 6.07) is 10.5. The van der Waals surface area contributed by atoms with E-state index >= 15 is 0 Å².